The second kappa shape index (κ2) is 8.45. The lowest BCUT2D eigenvalue weighted by molar-refractivity contribution is -0.162. The standard InChI is InChI=1S/C20H26O6/c1-5-12(3)19(23)26-18-16-13(4)20(24)25-15(16)9-11(2)7-6-8-14(10-21)17(18)22/h8-10,12,15-18,22H,4-7H2,1-3H3/b11-9-,14-8-/t12-,15+,16+,17+,18+/m1/s1. The van der Waals surface area contributed by atoms with E-state index < -0.39 is 36.2 Å². The number of esters is 2. The summed E-state index contributed by atoms with van der Waals surface area (Å²) >= 11 is 0. The molecule has 1 aliphatic heterocycles. The van der Waals surface area contributed by atoms with Crippen molar-refractivity contribution in [2.24, 2.45) is 11.8 Å². The maximum Gasteiger partial charge on any atom is 0.334 e. The van der Waals surface area contributed by atoms with E-state index in [-0.39, 0.29) is 17.1 Å². The van der Waals surface area contributed by atoms with Crippen LogP contribution in [-0.4, -0.2) is 41.6 Å². The molecule has 0 aromatic rings. The van der Waals surface area contributed by atoms with Gasteiger partial charge in [0, 0.05) is 11.1 Å². The molecule has 0 aromatic heterocycles. The quantitative estimate of drug-likeness (QED) is 0.357. The molecule has 6 heteroatoms. The fourth-order valence-corrected chi connectivity index (χ4v) is 3.14. The minimum absolute atomic E-state index is 0.130. The summed E-state index contributed by atoms with van der Waals surface area (Å²) in [6.07, 6.45) is 2.61. The summed E-state index contributed by atoms with van der Waals surface area (Å²) in [5.41, 5.74) is 1.24. The van der Waals surface area contributed by atoms with Gasteiger partial charge in [0.05, 0.1) is 11.8 Å². The second-order valence-electron chi connectivity index (χ2n) is 6.95. The molecule has 0 aromatic carbocycles. The first kappa shape index (κ1) is 20.1. The third-order valence-electron chi connectivity index (χ3n) is 5.04. The van der Waals surface area contributed by atoms with Crippen LogP contribution in [0.3, 0.4) is 0 Å². The molecule has 26 heavy (non-hydrogen) atoms. The van der Waals surface area contributed by atoms with Crippen molar-refractivity contribution in [1.82, 2.24) is 0 Å². The molecular weight excluding hydrogens is 336 g/mol. The van der Waals surface area contributed by atoms with Gasteiger partial charge in [-0.15, -0.1) is 0 Å². The molecule has 0 bridgehead atoms. The van der Waals surface area contributed by atoms with Crippen LogP contribution in [0.25, 0.3) is 0 Å². The van der Waals surface area contributed by atoms with Crippen molar-refractivity contribution < 1.29 is 29.0 Å². The SMILES string of the molecule is C=C1C(=O)O[C@H]2/C=C(/C)CC/C=C(/C=O)[C@H](O)[C@@H](OC(=O)[C@H](C)CC)[C@@H]12. The second-order valence-corrected chi connectivity index (χ2v) is 6.95. The molecule has 1 fully saturated rings. The Balaban J connectivity index is 2.48. The van der Waals surface area contributed by atoms with Crippen molar-refractivity contribution in [3.63, 3.8) is 0 Å². The molecule has 1 heterocycles. The molecule has 2 rings (SSSR count). The molecule has 0 saturated carbocycles. The van der Waals surface area contributed by atoms with Gasteiger partial charge in [-0.1, -0.05) is 32.1 Å². The lowest BCUT2D eigenvalue weighted by Gasteiger charge is -2.31. The van der Waals surface area contributed by atoms with Crippen molar-refractivity contribution in [3.05, 3.63) is 35.5 Å². The van der Waals surface area contributed by atoms with E-state index in [1.807, 2.05) is 13.8 Å². The van der Waals surface area contributed by atoms with E-state index >= 15 is 0 Å². The number of ether oxygens (including phenoxy) is 2. The highest BCUT2D eigenvalue weighted by Crippen LogP contribution is 2.36. The predicted octanol–water partition coefficient (Wildman–Crippen LogP) is 2.27. The van der Waals surface area contributed by atoms with E-state index in [1.165, 1.54) is 0 Å². The van der Waals surface area contributed by atoms with E-state index in [1.54, 1.807) is 19.1 Å². The molecule has 1 aliphatic carbocycles. The van der Waals surface area contributed by atoms with Crippen molar-refractivity contribution in [2.45, 2.75) is 58.3 Å². The van der Waals surface area contributed by atoms with Gasteiger partial charge in [-0.2, -0.15) is 0 Å². The Labute approximate surface area is 153 Å². The Morgan fingerprint density at radius 3 is 2.85 bits per heavy atom. The van der Waals surface area contributed by atoms with E-state index in [4.69, 9.17) is 9.47 Å². The minimum atomic E-state index is -1.36. The molecular formula is C20H26O6. The van der Waals surface area contributed by atoms with Crippen LogP contribution in [0.2, 0.25) is 0 Å². The van der Waals surface area contributed by atoms with Crippen LogP contribution >= 0.6 is 0 Å². The van der Waals surface area contributed by atoms with Gasteiger partial charge >= 0.3 is 11.9 Å². The highest BCUT2D eigenvalue weighted by molar-refractivity contribution is 5.91. The maximum atomic E-state index is 12.4. The summed E-state index contributed by atoms with van der Waals surface area (Å²) in [4.78, 5) is 35.9. The fraction of sp³-hybridized carbons (Fsp3) is 0.550. The molecule has 2 aliphatic rings. The summed E-state index contributed by atoms with van der Waals surface area (Å²) in [6, 6.07) is 0. The Kier molecular flexibility index (Phi) is 6.53. The number of allylic oxidation sites excluding steroid dienone is 2. The van der Waals surface area contributed by atoms with Gasteiger partial charge in [0.2, 0.25) is 0 Å². The largest absolute Gasteiger partial charge is 0.458 e. The summed E-state index contributed by atoms with van der Waals surface area (Å²) < 4.78 is 10.9. The van der Waals surface area contributed by atoms with Gasteiger partial charge in [-0.05, 0) is 32.3 Å². The normalized spacial score (nSPS) is 34.5. The molecule has 0 amide bonds. The molecule has 0 spiro atoms. The van der Waals surface area contributed by atoms with Gasteiger partial charge in [0.1, 0.15) is 24.6 Å². The van der Waals surface area contributed by atoms with Gasteiger partial charge in [-0.3, -0.25) is 9.59 Å². The van der Waals surface area contributed by atoms with Crippen molar-refractivity contribution in [3.8, 4) is 0 Å². The van der Waals surface area contributed by atoms with Gasteiger partial charge < -0.3 is 14.6 Å². The fourth-order valence-electron chi connectivity index (χ4n) is 3.14. The van der Waals surface area contributed by atoms with E-state index in [0.717, 1.165) is 5.57 Å². The van der Waals surface area contributed by atoms with Crippen LogP contribution in [0.15, 0.2) is 35.5 Å². The average Bonchev–Trinajstić information content (AvgIpc) is 2.88. The molecule has 6 nitrogen and oxygen atoms in total. The Bertz CT molecular complexity index is 659. The Morgan fingerprint density at radius 1 is 1.54 bits per heavy atom. The van der Waals surface area contributed by atoms with Crippen molar-refractivity contribution >= 4 is 18.2 Å². The number of carbonyl (C=O) groups is 3. The number of rotatable bonds is 4. The first-order chi connectivity index (χ1) is 12.3. The minimum Gasteiger partial charge on any atom is -0.458 e. The summed E-state index contributed by atoms with van der Waals surface area (Å²) in [7, 11) is 0. The molecule has 1 saturated heterocycles. The van der Waals surface area contributed by atoms with E-state index in [9.17, 15) is 19.5 Å². The number of carbonyl (C=O) groups excluding carboxylic acids is 3. The van der Waals surface area contributed by atoms with Crippen molar-refractivity contribution in [2.75, 3.05) is 0 Å². The molecule has 1 N–H and O–H groups in total. The summed E-state index contributed by atoms with van der Waals surface area (Å²) in [5.74, 6) is -2.20. The first-order valence-corrected chi connectivity index (χ1v) is 8.91. The van der Waals surface area contributed by atoms with E-state index in [2.05, 4.69) is 6.58 Å². The number of hydrogen-bond donors (Lipinski definition) is 1. The summed E-state index contributed by atoms with van der Waals surface area (Å²) in [6.45, 7) is 9.24. The third kappa shape index (κ3) is 4.12. The number of aliphatic hydroxyl groups is 1. The smallest absolute Gasteiger partial charge is 0.334 e. The average molecular weight is 362 g/mol. The number of aldehydes is 1. The lowest BCUT2D eigenvalue weighted by atomic mass is 9.83. The molecule has 0 radical (unpaired) electrons. The number of fused-ring (bicyclic) bond motifs is 1. The zero-order valence-corrected chi connectivity index (χ0v) is 15.4. The predicted molar refractivity (Wildman–Crippen MR) is 95.0 cm³/mol. The van der Waals surface area contributed by atoms with Crippen LogP contribution in [0, 0.1) is 11.8 Å². The number of hydrogen-bond acceptors (Lipinski definition) is 6. The monoisotopic (exact) mass is 362 g/mol. The van der Waals surface area contributed by atoms with Crippen LogP contribution < -0.4 is 0 Å². The van der Waals surface area contributed by atoms with Crippen LogP contribution in [0.4, 0.5) is 0 Å². The molecule has 142 valence electrons. The zero-order chi connectivity index (χ0) is 19.4. The van der Waals surface area contributed by atoms with Crippen LogP contribution in [0.1, 0.15) is 40.0 Å². The van der Waals surface area contributed by atoms with Crippen molar-refractivity contribution in [1.29, 1.82) is 0 Å². The first-order valence-electron chi connectivity index (χ1n) is 8.91. The Morgan fingerprint density at radius 2 is 2.23 bits per heavy atom. The van der Waals surface area contributed by atoms with Gasteiger partial charge in [0.25, 0.3) is 0 Å². The third-order valence-corrected chi connectivity index (χ3v) is 5.04. The highest BCUT2D eigenvalue weighted by atomic mass is 16.6. The Hall–Kier alpha value is -2.21. The topological polar surface area (TPSA) is 89.9 Å². The highest BCUT2D eigenvalue weighted by Gasteiger charge is 2.48. The van der Waals surface area contributed by atoms with E-state index in [0.29, 0.717) is 25.5 Å². The van der Waals surface area contributed by atoms with Crippen LogP contribution in [0.5, 0.6) is 0 Å². The number of aliphatic hydroxyl groups excluding tert-OH is 1. The zero-order valence-electron chi connectivity index (χ0n) is 15.4. The lowest BCUT2D eigenvalue weighted by Crippen LogP contribution is -2.43. The molecule has 5 atom stereocenters. The summed E-state index contributed by atoms with van der Waals surface area (Å²) in [5, 5.41) is 10.8. The van der Waals surface area contributed by atoms with Gasteiger partial charge in [0.15, 0.2) is 0 Å². The van der Waals surface area contributed by atoms with Crippen LogP contribution in [-0.2, 0) is 23.9 Å². The molecule has 0 unspecified atom stereocenters. The van der Waals surface area contributed by atoms with Gasteiger partial charge in [-0.25, -0.2) is 4.79 Å². The maximum absolute atomic E-state index is 12.4.